The molecule has 106 heavy (non-hydrogen) atoms. The number of anilines is 2. The van der Waals surface area contributed by atoms with Crippen LogP contribution in [0.25, 0.3) is 17.2 Å². The number of nitrogens with two attached hydrogens (primary N) is 2. The van der Waals surface area contributed by atoms with E-state index in [4.69, 9.17) is 30.5 Å². The third kappa shape index (κ3) is 26.2. The molecule has 0 radical (unpaired) electrons. The number of carboxylic acids is 4. The number of aliphatic hydroxyl groups is 2. The summed E-state index contributed by atoms with van der Waals surface area (Å²) in [5.74, 6) is -15.9. The van der Waals surface area contributed by atoms with Gasteiger partial charge < -0.3 is 93.0 Å². The summed E-state index contributed by atoms with van der Waals surface area (Å²) in [6, 6.07) is -3.94. The quantitative estimate of drug-likeness (QED) is 0.00588. The number of benzene rings is 1. The van der Waals surface area contributed by atoms with Crippen molar-refractivity contribution in [1.82, 2.24) is 61.7 Å². The van der Waals surface area contributed by atoms with Gasteiger partial charge >= 0.3 is 36.0 Å². The molecule has 578 valence electrons. The topological polar surface area (TPSA) is 601 Å². The molecule has 4 aromatic rings. The van der Waals surface area contributed by atoms with Crippen LogP contribution in [0.4, 0.5) is 16.4 Å². The van der Waals surface area contributed by atoms with Gasteiger partial charge in [0.25, 0.3) is 11.5 Å². The number of esters is 1. The first-order chi connectivity index (χ1) is 50.0. The average Bonchev–Trinajstić information content (AvgIpc) is 1.60. The fraction of sp³-hybridized carbons (Fsp3) is 0.538. The van der Waals surface area contributed by atoms with E-state index in [0.29, 0.717) is 70.2 Å². The van der Waals surface area contributed by atoms with Crippen molar-refractivity contribution in [3.05, 3.63) is 73.7 Å². The predicted molar refractivity (Wildman–Crippen MR) is 383 cm³/mol. The molecule has 2 saturated heterocycles. The molecule has 2 fully saturated rings. The SMILES string of the molecule is C/C(=C\c1csc(C)n1)[C@@H]1CC2[C@@H](CCC[C@H](C)[C@H](O)[C@@H](C)C(=O)C(C)(C)[C@@H](O)CC(=O)O1)[N@@]2CCOC(=O)OSSCC(NC(=O)[C@H](CC(=O)O)NC(=O)[C@H](CCCNC(=N)N)NC(=O)[C@H](CC(=O)O)NC(=O)CC[C@H](NC(=O)c1ccc(NCc2cnc3nc(N)[nH]c(=O)c3n2)cc1)C(=O)O)C(=O)O. The van der Waals surface area contributed by atoms with E-state index in [1.54, 1.807) is 19.9 Å². The van der Waals surface area contributed by atoms with E-state index in [9.17, 15) is 93.0 Å². The van der Waals surface area contributed by atoms with Gasteiger partial charge in [-0.15, -0.1) is 11.3 Å². The van der Waals surface area contributed by atoms with E-state index in [1.807, 2.05) is 24.1 Å². The zero-order chi connectivity index (χ0) is 78.3. The van der Waals surface area contributed by atoms with Gasteiger partial charge in [-0.05, 0) is 98.6 Å². The summed E-state index contributed by atoms with van der Waals surface area (Å²) in [6.07, 6.45) is -3.73. The van der Waals surface area contributed by atoms with Gasteiger partial charge in [-0.2, -0.15) is 4.98 Å². The number of aliphatic hydroxyl groups excluding tert-OH is 2. The first-order valence-electron chi connectivity index (χ1n) is 33.4. The molecule has 19 N–H and O–H groups in total. The molecule has 5 heterocycles. The maximum absolute atomic E-state index is 14.0. The highest BCUT2D eigenvalue weighted by molar-refractivity contribution is 8.75. The third-order valence-corrected chi connectivity index (χ3v) is 20.0. The Kier molecular flexibility index (Phi) is 31.9. The Balaban J connectivity index is 1.01. The largest absolute Gasteiger partial charge is 0.521 e. The monoisotopic (exact) mass is 1540 g/mol. The summed E-state index contributed by atoms with van der Waals surface area (Å²) in [5, 5.41) is 88.7. The highest BCUT2D eigenvalue weighted by Crippen LogP contribution is 2.40. The average molecular weight is 1540 g/mol. The number of aryl methyl sites for hydroxylation is 1. The van der Waals surface area contributed by atoms with Gasteiger partial charge in [0.05, 0.1) is 66.0 Å². The van der Waals surface area contributed by atoms with Gasteiger partial charge in [0.1, 0.15) is 59.8 Å². The fourth-order valence-electron chi connectivity index (χ4n) is 11.5. The van der Waals surface area contributed by atoms with Crippen LogP contribution in [0.1, 0.15) is 132 Å². The Hall–Kier alpha value is -10.1. The number of fused-ring (bicyclic) bond motifs is 2. The first-order valence-corrected chi connectivity index (χ1v) is 36.6. The second-order valence-electron chi connectivity index (χ2n) is 25.9. The summed E-state index contributed by atoms with van der Waals surface area (Å²) in [7, 11) is 0.611. The van der Waals surface area contributed by atoms with E-state index in [1.165, 1.54) is 55.6 Å². The number of carbonyl (C=O) groups excluding carboxylic acids is 8. The molecule has 2 aliphatic rings. The zero-order valence-corrected chi connectivity index (χ0v) is 61.1. The number of carboxylic acid groups (broad SMARTS) is 4. The van der Waals surface area contributed by atoms with Crippen molar-refractivity contribution in [3.8, 4) is 0 Å². The molecule has 13 atom stereocenters. The van der Waals surface area contributed by atoms with Gasteiger partial charge in [-0.3, -0.25) is 63.2 Å². The number of ketones is 1. The number of nitrogens with one attached hydrogen (secondary N) is 9. The van der Waals surface area contributed by atoms with Crippen LogP contribution in [0.15, 0.2) is 46.2 Å². The second-order valence-corrected chi connectivity index (χ2v) is 29.0. The number of hydrogen-bond donors (Lipinski definition) is 17. The fourth-order valence-corrected chi connectivity index (χ4v) is 13.6. The number of nitrogens with zero attached hydrogens (tertiary/aromatic N) is 5. The number of aromatic amines is 1. The molecule has 3 aromatic heterocycles. The maximum atomic E-state index is 14.0. The number of rotatable bonds is 34. The number of hydrogen-bond acceptors (Lipinski definition) is 29. The Labute approximate surface area is 618 Å². The van der Waals surface area contributed by atoms with Gasteiger partial charge in [0, 0.05) is 66.3 Å². The molecule has 5 amide bonds. The molecule has 0 saturated carbocycles. The van der Waals surface area contributed by atoms with Crippen molar-refractivity contribution in [2.45, 2.75) is 179 Å². The van der Waals surface area contributed by atoms with Gasteiger partial charge in [0.15, 0.2) is 17.1 Å². The number of guanidine groups is 1. The Morgan fingerprint density at radius 3 is 2.12 bits per heavy atom. The highest BCUT2D eigenvalue weighted by Gasteiger charge is 2.49. The van der Waals surface area contributed by atoms with Crippen molar-refractivity contribution >= 4 is 139 Å². The van der Waals surface area contributed by atoms with Gasteiger partial charge in [0.2, 0.25) is 29.6 Å². The number of ether oxygens (including phenoxy) is 2. The Bertz CT molecular complexity index is 3960. The Morgan fingerprint density at radius 1 is 0.849 bits per heavy atom. The number of nitrogen functional groups attached to an aromatic ring is 1. The number of Topliss-reactive ketones (excluding diaryl/α,β-unsaturated/α-hetero) is 1. The van der Waals surface area contributed by atoms with Crippen molar-refractivity contribution < 1.29 is 102 Å². The standard InChI is InChI=1S/C65H88N16O22S3/c1-30-9-7-11-43-44(24-45(31(2)21-36-28-104-33(4)72-36)102-50(88)25-46(82)65(5,6)53(90)32(3)52(30)89)81(43)19-20-101-64(100)103-106-105-29-42(61(98)99)78-58(94)41(23-49(86)87)77-56(92)38(10-8-18-69-62(66)67)75-57(93)40(22-48(84)85)74-47(83)17-16-39(60(96)97)76-55(91)34-12-14-35(15-13-34)70-26-37-27-71-54-51(73-37)59(95)80-63(68)79-54/h12-15,21,27-28,30,32,38-46,52,70,82,89H,7-11,16-20,22-26,29H2,1-6H3,(H,74,83)(H,75,93)(H,76,91)(H,77,92)(H,78,94)(H,84,85)(H,86,87)(H,96,97)(H,98,99)(H4,66,67,69)(H3,68,71,79,80,95)/b31-21+/t30-,32+,38-,39-,40-,41-,42?,43+,44?,45-,46-,52-,81+/m0/s1. The first kappa shape index (κ1) is 84.8. The van der Waals surface area contributed by atoms with E-state index in [-0.39, 0.29) is 79.8 Å². The van der Waals surface area contributed by atoms with Crippen LogP contribution in [-0.2, 0) is 68.1 Å². The molecule has 2 aliphatic heterocycles. The molecule has 1 aromatic carbocycles. The molecule has 0 bridgehead atoms. The Morgan fingerprint density at radius 2 is 1.49 bits per heavy atom. The lowest BCUT2D eigenvalue weighted by Gasteiger charge is -2.34. The van der Waals surface area contributed by atoms with Gasteiger partial charge in [-0.25, -0.2) is 29.3 Å². The summed E-state index contributed by atoms with van der Waals surface area (Å²) in [6.45, 7) is 10.1. The zero-order valence-electron chi connectivity index (χ0n) is 58.6. The number of thiazole rings is 1. The summed E-state index contributed by atoms with van der Waals surface area (Å²) in [5.41, 5.74) is 11.1. The number of cyclic esters (lactones) is 1. The predicted octanol–water partition coefficient (Wildman–Crippen LogP) is 0.943. The van der Waals surface area contributed by atoms with Crippen LogP contribution >= 0.6 is 33.2 Å². The molecular weight excluding hydrogens is 1450 g/mol. The molecule has 0 spiro atoms. The van der Waals surface area contributed by atoms with E-state index >= 15 is 0 Å². The molecule has 0 aliphatic carbocycles. The number of H-pyrrole nitrogens is 1. The second kappa shape index (κ2) is 39.9. The number of amides is 5. The molecule has 6 rings (SSSR count). The molecule has 38 nitrogen and oxygen atoms in total. The summed E-state index contributed by atoms with van der Waals surface area (Å²) in [4.78, 5) is 190. The highest BCUT2D eigenvalue weighted by atomic mass is 33.1. The minimum atomic E-state index is -2.05. The van der Waals surface area contributed by atoms with Crippen molar-refractivity contribution in [1.29, 1.82) is 5.41 Å². The van der Waals surface area contributed by atoms with E-state index in [2.05, 4.69) is 62.1 Å². The van der Waals surface area contributed by atoms with E-state index in [0.717, 1.165) is 5.01 Å². The number of carbonyl (C=O) groups is 12. The summed E-state index contributed by atoms with van der Waals surface area (Å²) < 4.78 is 16.5. The van der Waals surface area contributed by atoms with E-state index < -0.39 is 181 Å². The molecule has 41 heteroatoms. The maximum Gasteiger partial charge on any atom is 0.521 e. The van der Waals surface area contributed by atoms with Crippen LogP contribution in [0, 0.1) is 29.6 Å². The summed E-state index contributed by atoms with van der Waals surface area (Å²) >= 11 is 1.81. The minimum Gasteiger partial charge on any atom is -0.481 e. The van der Waals surface area contributed by atoms with Crippen LogP contribution in [-0.4, -0.2) is 224 Å². The number of aromatic nitrogens is 5. The van der Waals surface area contributed by atoms with Gasteiger partial charge in [-0.1, -0.05) is 34.1 Å². The van der Waals surface area contributed by atoms with Crippen LogP contribution in [0.3, 0.4) is 0 Å². The number of aliphatic carboxylic acids is 4. The lowest BCUT2D eigenvalue weighted by atomic mass is 9.73. The molecular formula is C65H88N16O22S3. The molecule has 2 unspecified atom stereocenters. The van der Waals surface area contributed by atoms with Crippen molar-refractivity contribution in [3.63, 3.8) is 0 Å². The van der Waals surface area contributed by atoms with Crippen LogP contribution in [0.2, 0.25) is 0 Å². The smallest absolute Gasteiger partial charge is 0.481 e. The van der Waals surface area contributed by atoms with Crippen LogP contribution < -0.4 is 54.2 Å². The van der Waals surface area contributed by atoms with Crippen LogP contribution in [0.5, 0.6) is 0 Å². The minimum absolute atomic E-state index is 0.00542. The van der Waals surface area contributed by atoms with Crippen molar-refractivity contribution in [2.75, 3.05) is 36.5 Å². The van der Waals surface area contributed by atoms with Crippen molar-refractivity contribution in [2.24, 2.45) is 23.0 Å². The lowest BCUT2D eigenvalue weighted by molar-refractivity contribution is -0.155. The normalized spacial score (nSPS) is 21.1. The lowest BCUT2D eigenvalue weighted by Crippen LogP contribution is -2.58. The third-order valence-electron chi connectivity index (χ3n) is 17.6.